The molecule has 0 aromatic heterocycles. The summed E-state index contributed by atoms with van der Waals surface area (Å²) in [5.41, 5.74) is 4.68. The van der Waals surface area contributed by atoms with Crippen LogP contribution in [0, 0.1) is 11.8 Å². The van der Waals surface area contributed by atoms with E-state index in [2.05, 4.69) is 29.6 Å². The number of carbonyl (C=O) groups excluding carboxylic acids is 2. The lowest BCUT2D eigenvalue weighted by Crippen LogP contribution is -2.39. The number of nitrogens with one attached hydrogen (secondary N) is 1. The van der Waals surface area contributed by atoms with E-state index < -0.39 is 12.1 Å². The second-order valence-electron chi connectivity index (χ2n) is 9.88. The fourth-order valence-electron chi connectivity index (χ4n) is 4.86. The van der Waals surface area contributed by atoms with Gasteiger partial charge >= 0.3 is 12.1 Å². The van der Waals surface area contributed by atoms with Crippen LogP contribution in [0.3, 0.4) is 0 Å². The van der Waals surface area contributed by atoms with E-state index in [1.807, 2.05) is 38.1 Å². The summed E-state index contributed by atoms with van der Waals surface area (Å²) in [6.45, 7) is 4.86. The average molecular weight is 479 g/mol. The highest BCUT2D eigenvalue weighted by atomic mass is 16.5. The Morgan fingerprint density at radius 3 is 2.17 bits per heavy atom. The first-order chi connectivity index (χ1) is 16.8. The van der Waals surface area contributed by atoms with Crippen molar-refractivity contribution in [3.63, 3.8) is 0 Å². The van der Waals surface area contributed by atoms with Crippen LogP contribution in [0.4, 0.5) is 4.79 Å². The average Bonchev–Trinajstić information content (AvgIpc) is 3.62. The summed E-state index contributed by atoms with van der Waals surface area (Å²) < 4.78 is 5.62. The molecule has 0 bridgehead atoms. The zero-order chi connectivity index (χ0) is 24.9. The van der Waals surface area contributed by atoms with Crippen molar-refractivity contribution in [2.24, 2.45) is 11.8 Å². The number of hydrogen-bond acceptors (Lipinski definition) is 4. The van der Waals surface area contributed by atoms with E-state index in [-0.39, 0.29) is 55.7 Å². The molecular formula is C28H34N2O5. The van der Waals surface area contributed by atoms with Crippen LogP contribution in [-0.2, 0) is 14.3 Å². The number of carboxylic acid groups (broad SMARTS) is 1. The van der Waals surface area contributed by atoms with Crippen molar-refractivity contribution in [1.82, 2.24) is 10.2 Å². The monoisotopic (exact) mass is 478 g/mol. The van der Waals surface area contributed by atoms with Gasteiger partial charge in [-0.05, 0) is 46.9 Å². The van der Waals surface area contributed by atoms with Crippen molar-refractivity contribution in [3.05, 3.63) is 59.7 Å². The van der Waals surface area contributed by atoms with E-state index in [4.69, 9.17) is 9.84 Å². The minimum Gasteiger partial charge on any atom is -0.481 e. The van der Waals surface area contributed by atoms with Gasteiger partial charge in [-0.25, -0.2) is 4.79 Å². The molecule has 1 fully saturated rings. The molecule has 0 aliphatic heterocycles. The van der Waals surface area contributed by atoms with Gasteiger partial charge in [0.25, 0.3) is 0 Å². The van der Waals surface area contributed by atoms with E-state index in [0.717, 1.165) is 24.0 Å². The maximum atomic E-state index is 12.9. The molecule has 1 atom stereocenters. The molecular weight excluding hydrogens is 444 g/mol. The number of rotatable bonds is 11. The predicted octanol–water partition coefficient (Wildman–Crippen LogP) is 4.65. The molecule has 186 valence electrons. The number of carboxylic acids is 1. The summed E-state index contributed by atoms with van der Waals surface area (Å²) in [6, 6.07) is 16.6. The van der Waals surface area contributed by atoms with Crippen LogP contribution >= 0.6 is 0 Å². The number of aliphatic carboxylic acids is 1. The Hall–Kier alpha value is -3.35. The highest BCUT2D eigenvalue weighted by molar-refractivity contribution is 5.79. The van der Waals surface area contributed by atoms with E-state index in [1.165, 1.54) is 11.1 Å². The Morgan fingerprint density at radius 2 is 1.63 bits per heavy atom. The molecule has 2 aromatic rings. The van der Waals surface area contributed by atoms with Crippen LogP contribution in [0.2, 0.25) is 0 Å². The van der Waals surface area contributed by atoms with Gasteiger partial charge in [0.15, 0.2) is 0 Å². The number of hydrogen-bond donors (Lipinski definition) is 2. The van der Waals surface area contributed by atoms with Gasteiger partial charge in [-0.15, -0.1) is 0 Å². The van der Waals surface area contributed by atoms with Crippen molar-refractivity contribution in [1.29, 1.82) is 0 Å². The smallest absolute Gasteiger partial charge is 0.407 e. The zero-order valence-electron chi connectivity index (χ0n) is 20.4. The Bertz CT molecular complexity index is 1030. The van der Waals surface area contributed by atoms with Gasteiger partial charge in [0.2, 0.25) is 5.91 Å². The first-order valence-corrected chi connectivity index (χ1v) is 12.4. The molecule has 1 saturated carbocycles. The second kappa shape index (κ2) is 10.9. The third kappa shape index (κ3) is 6.02. The number of fused-ring (bicyclic) bond motifs is 3. The topological polar surface area (TPSA) is 95.9 Å². The minimum atomic E-state index is -0.902. The highest BCUT2D eigenvalue weighted by Gasteiger charge is 2.34. The van der Waals surface area contributed by atoms with Crippen molar-refractivity contribution < 1.29 is 24.2 Å². The molecule has 0 heterocycles. The summed E-state index contributed by atoms with van der Waals surface area (Å²) in [5.74, 6) is -0.832. The zero-order valence-corrected chi connectivity index (χ0v) is 20.4. The van der Waals surface area contributed by atoms with Gasteiger partial charge in [-0.3, -0.25) is 9.59 Å². The summed E-state index contributed by atoms with van der Waals surface area (Å²) in [7, 11) is 0. The van der Waals surface area contributed by atoms with Gasteiger partial charge in [-0.2, -0.15) is 0 Å². The van der Waals surface area contributed by atoms with Crippen LogP contribution in [0.15, 0.2) is 48.5 Å². The molecule has 0 radical (unpaired) electrons. The molecule has 2 aliphatic carbocycles. The molecule has 2 amide bonds. The van der Waals surface area contributed by atoms with Crippen molar-refractivity contribution >= 4 is 18.0 Å². The molecule has 2 aliphatic rings. The number of carbonyl (C=O) groups is 3. The Kier molecular flexibility index (Phi) is 7.73. The maximum absolute atomic E-state index is 12.9. The van der Waals surface area contributed by atoms with E-state index in [1.54, 1.807) is 4.90 Å². The lowest BCUT2D eigenvalue weighted by atomic mass is 9.92. The van der Waals surface area contributed by atoms with Gasteiger partial charge in [0.05, 0.1) is 6.42 Å². The number of ether oxygens (including phenoxy) is 1. The molecule has 7 nitrogen and oxygen atoms in total. The van der Waals surface area contributed by atoms with E-state index in [0.29, 0.717) is 6.54 Å². The number of benzene rings is 2. The van der Waals surface area contributed by atoms with Crippen molar-refractivity contribution in [2.45, 2.75) is 51.5 Å². The number of nitrogens with zero attached hydrogens (tertiary/aromatic N) is 1. The van der Waals surface area contributed by atoms with Crippen molar-refractivity contribution in [2.75, 3.05) is 19.7 Å². The Balaban J connectivity index is 1.31. The number of amides is 2. The second-order valence-corrected chi connectivity index (χ2v) is 9.88. The predicted molar refractivity (Wildman–Crippen MR) is 133 cm³/mol. The summed E-state index contributed by atoms with van der Waals surface area (Å²) in [6.07, 6.45) is 1.59. The third-order valence-electron chi connectivity index (χ3n) is 7.11. The van der Waals surface area contributed by atoms with E-state index >= 15 is 0 Å². The summed E-state index contributed by atoms with van der Waals surface area (Å²) >= 11 is 0. The summed E-state index contributed by atoms with van der Waals surface area (Å²) in [5, 5.41) is 11.8. The van der Waals surface area contributed by atoms with Gasteiger partial charge in [-0.1, -0.05) is 62.4 Å². The van der Waals surface area contributed by atoms with Crippen LogP contribution in [-0.4, -0.2) is 53.7 Å². The van der Waals surface area contributed by atoms with Crippen LogP contribution in [0.25, 0.3) is 11.1 Å². The molecule has 7 heteroatoms. The number of alkyl carbamates (subject to hydrolysis) is 1. The van der Waals surface area contributed by atoms with E-state index in [9.17, 15) is 14.4 Å². The van der Waals surface area contributed by atoms with Gasteiger partial charge in [0.1, 0.15) is 6.61 Å². The highest BCUT2D eigenvalue weighted by Crippen LogP contribution is 2.44. The lowest BCUT2D eigenvalue weighted by molar-refractivity contribution is -0.139. The van der Waals surface area contributed by atoms with Crippen LogP contribution in [0.5, 0.6) is 0 Å². The lowest BCUT2D eigenvalue weighted by Gasteiger charge is -2.26. The fourth-order valence-corrected chi connectivity index (χ4v) is 4.86. The Labute approximate surface area is 206 Å². The fraction of sp³-hybridized carbons (Fsp3) is 0.464. The molecule has 4 rings (SSSR count). The molecule has 35 heavy (non-hydrogen) atoms. The van der Waals surface area contributed by atoms with Crippen molar-refractivity contribution in [3.8, 4) is 11.1 Å². The summed E-state index contributed by atoms with van der Waals surface area (Å²) in [4.78, 5) is 38.2. The molecule has 1 unspecified atom stereocenters. The molecule has 0 spiro atoms. The Morgan fingerprint density at radius 1 is 1.03 bits per heavy atom. The minimum absolute atomic E-state index is 0.00282. The quantitative estimate of drug-likeness (QED) is 0.490. The normalized spacial score (nSPS) is 15.3. The maximum Gasteiger partial charge on any atom is 0.407 e. The van der Waals surface area contributed by atoms with Crippen LogP contribution in [0.1, 0.15) is 56.6 Å². The van der Waals surface area contributed by atoms with Gasteiger partial charge in [0, 0.05) is 31.5 Å². The van der Waals surface area contributed by atoms with Gasteiger partial charge < -0.3 is 20.1 Å². The SMILES string of the molecule is CC(C)C(CNC(=O)OCC1c2ccccc2-c2ccccc21)CC(=O)N(CCC(=O)O)C1CC1. The molecule has 2 aromatic carbocycles. The largest absolute Gasteiger partial charge is 0.481 e. The molecule has 0 saturated heterocycles. The first kappa shape index (κ1) is 24.8. The standard InChI is InChI=1S/C28H34N2O5/c1-18(2)19(15-26(31)30(20-11-12-20)14-13-27(32)33)16-29-28(34)35-17-25-23-9-5-3-7-21(23)22-8-4-6-10-24(22)25/h3-10,18-20,25H,11-17H2,1-2H3,(H,29,34)(H,32,33). The molecule has 2 N–H and O–H groups in total. The third-order valence-corrected chi connectivity index (χ3v) is 7.11. The van der Waals surface area contributed by atoms with Crippen LogP contribution < -0.4 is 5.32 Å². The first-order valence-electron chi connectivity index (χ1n) is 12.4.